The second-order valence-corrected chi connectivity index (χ2v) is 21.3. The molecule has 0 N–H and O–H groups in total. The second-order valence-electron chi connectivity index (χ2n) is 7.27. The van der Waals surface area contributed by atoms with Crippen LogP contribution in [0.15, 0.2) is 35.1 Å². The molecule has 0 aromatic heterocycles. The molecule has 0 unspecified atom stereocenters. The molecule has 0 spiro atoms. The minimum Gasteiger partial charge on any atom is 0 e. The predicted molar refractivity (Wildman–Crippen MR) is 110 cm³/mol. The molecule has 2 rings (SSSR count). The van der Waals surface area contributed by atoms with E-state index in [4.69, 9.17) is 28.0 Å². The minimum absolute atomic E-state index is 0. The molecule has 0 saturated carbocycles. The van der Waals surface area contributed by atoms with Gasteiger partial charge in [0.15, 0.2) is 0 Å². The standard InChI is InChI=1S/C14H24NPSi2.5CO.W/c1-17(2,3)14(18(4,5)6)16-13(15-16)12-10-8-7-9-11-12;5*1-2;/h7-11,14H,1-6H3;;;;;;/t16-;;;;;;/m0....../s1. The van der Waals surface area contributed by atoms with Crippen LogP contribution in [0.2, 0.25) is 39.3 Å². The zero-order valence-corrected chi connectivity index (χ0v) is 23.1. The molecule has 154 valence electrons. The maximum atomic E-state index is 7.50. The maximum absolute atomic E-state index is 7.50. The first-order chi connectivity index (χ1) is 13.2. The van der Waals surface area contributed by atoms with Gasteiger partial charge >= 0.3 is 56.5 Å². The van der Waals surface area contributed by atoms with E-state index in [-0.39, 0.29) is 29.1 Å². The van der Waals surface area contributed by atoms with E-state index in [0.29, 0.717) is 0 Å². The first-order valence-electron chi connectivity index (χ1n) is 7.66. The summed E-state index contributed by atoms with van der Waals surface area (Å²) in [5.41, 5.74) is 2.80. The Morgan fingerprint density at radius 1 is 0.690 bits per heavy atom. The van der Waals surface area contributed by atoms with Gasteiger partial charge in [0, 0.05) is 26.6 Å². The topological polar surface area (TPSA) is 112 Å². The van der Waals surface area contributed by atoms with Crippen LogP contribution in [0, 0.1) is 33.3 Å². The van der Waals surface area contributed by atoms with Gasteiger partial charge in [0.1, 0.15) is 0 Å². The quantitative estimate of drug-likeness (QED) is 0.201. The Labute approximate surface area is 191 Å². The molecule has 0 amide bonds. The van der Waals surface area contributed by atoms with Gasteiger partial charge in [-0.3, -0.25) is 4.76 Å². The van der Waals surface area contributed by atoms with Crippen molar-refractivity contribution in [3.05, 3.63) is 69.1 Å². The number of nitrogens with zero attached hydrogens (tertiary/aromatic N) is 1. The van der Waals surface area contributed by atoms with Crippen LogP contribution in [0.3, 0.4) is 0 Å². The van der Waals surface area contributed by atoms with E-state index < -0.39 is 16.1 Å². The smallest absolute Gasteiger partial charge is 0 e. The van der Waals surface area contributed by atoms with Crippen LogP contribution in [0.25, 0.3) is 0 Å². The molecule has 1 aliphatic heterocycles. The molecule has 29 heavy (non-hydrogen) atoms. The molecule has 0 radical (unpaired) electrons. The van der Waals surface area contributed by atoms with Crippen molar-refractivity contribution < 1.29 is 44.3 Å². The Balaban J connectivity index is -0.000000153. The van der Waals surface area contributed by atoms with Crippen LogP contribution < -0.4 is 0 Å². The third kappa shape index (κ3) is 15.6. The summed E-state index contributed by atoms with van der Waals surface area (Å²) in [5, 5.41) is 0. The molecular formula is C19H24NO5PSi2W. The summed E-state index contributed by atoms with van der Waals surface area (Å²) in [6.45, 7) is 37.6. The number of benzene rings is 1. The van der Waals surface area contributed by atoms with E-state index in [1.165, 1.54) is 11.0 Å². The third-order valence-corrected chi connectivity index (χ3v) is 19.4. The van der Waals surface area contributed by atoms with Crippen molar-refractivity contribution in [1.29, 1.82) is 0 Å². The fourth-order valence-corrected chi connectivity index (χ4v) is 21.6. The van der Waals surface area contributed by atoms with Gasteiger partial charge in [0.2, 0.25) is 0 Å². The Morgan fingerprint density at radius 3 is 1.28 bits per heavy atom. The third-order valence-electron chi connectivity index (χ3n) is 3.30. The normalized spacial score (nSPS) is 12.7. The summed E-state index contributed by atoms with van der Waals surface area (Å²) < 4.78 is 42.4. The summed E-state index contributed by atoms with van der Waals surface area (Å²) >= 11 is 0. The van der Waals surface area contributed by atoms with E-state index >= 15 is 0 Å². The summed E-state index contributed by atoms with van der Waals surface area (Å²) in [5.74, 6) is 0. The Morgan fingerprint density at radius 2 is 1.00 bits per heavy atom. The van der Waals surface area contributed by atoms with Gasteiger partial charge in [-0.1, -0.05) is 69.6 Å². The zero-order valence-electron chi connectivity index (χ0n) is 17.3. The molecule has 0 fully saturated rings. The van der Waals surface area contributed by atoms with Crippen LogP contribution in [0.5, 0.6) is 0 Å². The van der Waals surface area contributed by atoms with E-state index in [0.717, 1.165) is 4.91 Å². The molecule has 1 atom stereocenters. The summed E-state index contributed by atoms with van der Waals surface area (Å²) in [4.78, 5) is 0.926. The van der Waals surface area contributed by atoms with E-state index in [9.17, 15) is 0 Å². The van der Waals surface area contributed by atoms with Crippen molar-refractivity contribution in [3.63, 3.8) is 0 Å². The molecular weight excluding hydrogens is 593 g/mol. The average Bonchev–Trinajstić information content (AvgIpc) is 3.48. The first kappa shape index (κ1) is 38.7. The number of hydrogen-bond acceptors (Lipinski definition) is 1. The number of hydrogen-bond donors (Lipinski definition) is 0. The van der Waals surface area contributed by atoms with Gasteiger partial charge in [-0.2, -0.15) is 0 Å². The van der Waals surface area contributed by atoms with Crippen molar-refractivity contribution in [1.82, 2.24) is 0 Å². The van der Waals surface area contributed by atoms with Crippen LogP contribution in [-0.4, -0.2) is 26.5 Å². The fraction of sp³-hybridized carbons (Fsp3) is 0.368. The van der Waals surface area contributed by atoms with Gasteiger partial charge in [0.25, 0.3) is 0 Å². The Bertz CT molecular complexity index is 625. The molecule has 6 nitrogen and oxygen atoms in total. The minimum atomic E-state index is -1.12. The van der Waals surface area contributed by atoms with Gasteiger partial charge in [-0.05, 0) is 4.91 Å². The van der Waals surface area contributed by atoms with Crippen molar-refractivity contribution in [2.75, 3.05) is 0 Å². The van der Waals surface area contributed by atoms with Gasteiger partial charge in [0.05, 0.1) is 29.7 Å². The SMILES string of the molecule is C[Si](C)(C)C([P@@]1N=C1c1ccccc1)[Si](C)(C)C.[C-]#[O+].[C-]#[O+].[C-]#[O+].[C-]#[O+].[C-]#[O+].[W]. The zero-order chi connectivity index (χ0) is 23.6. The molecule has 10 heteroatoms. The van der Waals surface area contributed by atoms with Crippen LogP contribution in [0.1, 0.15) is 5.56 Å². The van der Waals surface area contributed by atoms with Crippen molar-refractivity contribution >= 4 is 29.7 Å². The molecule has 0 aliphatic carbocycles. The summed E-state index contributed by atoms with van der Waals surface area (Å²) in [7, 11) is -2.41. The molecule has 1 aromatic rings. The maximum Gasteiger partial charge on any atom is 0 e. The molecule has 1 aromatic carbocycles. The van der Waals surface area contributed by atoms with Gasteiger partial charge in [-0.25, -0.2) is 0 Å². The molecule has 0 bridgehead atoms. The average molecular weight is 617 g/mol. The van der Waals surface area contributed by atoms with Gasteiger partial charge < -0.3 is 0 Å². The monoisotopic (exact) mass is 617 g/mol. The fourth-order valence-electron chi connectivity index (χ4n) is 3.07. The van der Waals surface area contributed by atoms with Crippen molar-refractivity contribution in [2.45, 2.75) is 44.2 Å². The predicted octanol–water partition coefficient (Wildman–Crippen LogP) is 4.78. The summed E-state index contributed by atoms with van der Waals surface area (Å²) in [6, 6.07) is 10.8. The van der Waals surface area contributed by atoms with E-state index in [2.05, 4.69) is 103 Å². The van der Waals surface area contributed by atoms with Crippen LogP contribution in [0.4, 0.5) is 0 Å². The van der Waals surface area contributed by atoms with Gasteiger partial charge in [-0.15, -0.1) is 0 Å². The Hall–Kier alpha value is -0.858. The van der Waals surface area contributed by atoms with Crippen LogP contribution in [-0.2, 0) is 44.3 Å². The summed E-state index contributed by atoms with van der Waals surface area (Å²) in [6.07, 6.45) is 0. The van der Waals surface area contributed by atoms with Crippen LogP contribution >= 0.6 is 8.07 Å². The van der Waals surface area contributed by atoms with E-state index in [1.54, 1.807) is 0 Å². The molecule has 0 saturated heterocycles. The van der Waals surface area contributed by atoms with Crippen molar-refractivity contribution in [2.24, 2.45) is 4.76 Å². The molecule has 1 heterocycles. The number of rotatable bonds is 4. The second kappa shape index (κ2) is 21.8. The van der Waals surface area contributed by atoms with Crippen molar-refractivity contribution in [3.8, 4) is 0 Å². The van der Waals surface area contributed by atoms with E-state index in [1.807, 2.05) is 0 Å². The largest absolute Gasteiger partial charge is 0 e. The molecule has 1 aliphatic rings. The first-order valence-corrected chi connectivity index (χ1v) is 16.2. The Kier molecular flexibility index (Phi) is 29.2.